The Morgan fingerprint density at radius 1 is 1.24 bits per heavy atom. The zero-order chi connectivity index (χ0) is 13.2. The molecule has 0 radical (unpaired) electrons. The molecule has 17 heavy (non-hydrogen) atoms. The van der Waals surface area contributed by atoms with Crippen LogP contribution in [0, 0.1) is 29.2 Å². The van der Waals surface area contributed by atoms with Crippen molar-refractivity contribution in [2.75, 3.05) is 0 Å². The minimum absolute atomic E-state index is 0.0469. The molecule has 0 spiro atoms. The zero-order valence-corrected chi connectivity index (χ0v) is 9.19. The van der Waals surface area contributed by atoms with Crippen LogP contribution in [-0.4, -0.2) is 5.97 Å². The Balaban J connectivity index is 3.10. The molecule has 1 unspecified atom stereocenters. The van der Waals surface area contributed by atoms with Crippen molar-refractivity contribution in [2.24, 2.45) is 5.92 Å². The molecule has 1 aromatic carbocycles. The summed E-state index contributed by atoms with van der Waals surface area (Å²) in [6, 6.07) is 0.0469. The predicted octanol–water partition coefficient (Wildman–Crippen LogP) is 3.19. The van der Waals surface area contributed by atoms with Crippen molar-refractivity contribution < 1.29 is 27.1 Å². The Morgan fingerprint density at radius 2 is 1.71 bits per heavy atom. The third-order valence-corrected chi connectivity index (χ3v) is 2.29. The van der Waals surface area contributed by atoms with Crippen LogP contribution in [0.2, 0.25) is 0 Å². The molecule has 0 aliphatic rings. The first-order chi connectivity index (χ1) is 7.88. The molecule has 0 fully saturated rings. The normalized spacial score (nSPS) is 12.4. The van der Waals surface area contributed by atoms with Crippen LogP contribution in [0.3, 0.4) is 0 Å². The molecule has 94 valence electrons. The molecule has 6 heteroatoms. The van der Waals surface area contributed by atoms with Crippen LogP contribution < -0.4 is 4.74 Å². The van der Waals surface area contributed by atoms with E-state index in [9.17, 15) is 22.4 Å². The summed E-state index contributed by atoms with van der Waals surface area (Å²) in [5, 5.41) is 0. The van der Waals surface area contributed by atoms with Crippen LogP contribution in [0.25, 0.3) is 0 Å². The first kappa shape index (κ1) is 13.5. The molecule has 0 N–H and O–H groups in total. The summed E-state index contributed by atoms with van der Waals surface area (Å²) in [5.41, 5.74) is 0. The van der Waals surface area contributed by atoms with Crippen molar-refractivity contribution in [3.63, 3.8) is 0 Å². The van der Waals surface area contributed by atoms with E-state index in [4.69, 9.17) is 0 Å². The maximum Gasteiger partial charge on any atom is 0.314 e. The van der Waals surface area contributed by atoms with E-state index in [-0.39, 0.29) is 6.07 Å². The lowest BCUT2D eigenvalue weighted by Gasteiger charge is -2.10. The van der Waals surface area contributed by atoms with Gasteiger partial charge in [-0.05, 0) is 6.42 Å². The summed E-state index contributed by atoms with van der Waals surface area (Å²) in [7, 11) is 0. The molecule has 0 bridgehead atoms. The van der Waals surface area contributed by atoms with Crippen LogP contribution in [0.4, 0.5) is 17.6 Å². The largest absolute Gasteiger partial charge is 0.420 e. The standard InChI is InChI=1S/C11H10F4O2/c1-3-5(2)11(16)17-10-8(14)6(12)4-7(13)9(10)15/h4-5H,3H2,1-2H3. The monoisotopic (exact) mass is 250 g/mol. The number of halogens is 4. The molecule has 1 aromatic rings. The number of rotatable bonds is 3. The van der Waals surface area contributed by atoms with Crippen molar-refractivity contribution in [1.29, 1.82) is 0 Å². The maximum absolute atomic E-state index is 13.1. The van der Waals surface area contributed by atoms with Gasteiger partial charge in [0.1, 0.15) is 0 Å². The Hall–Kier alpha value is -1.59. The Labute approximate surface area is 95.2 Å². The van der Waals surface area contributed by atoms with E-state index in [1.807, 2.05) is 0 Å². The van der Waals surface area contributed by atoms with E-state index < -0.39 is 40.9 Å². The molecule has 0 aliphatic heterocycles. The van der Waals surface area contributed by atoms with E-state index in [2.05, 4.69) is 4.74 Å². The van der Waals surface area contributed by atoms with Gasteiger partial charge >= 0.3 is 5.97 Å². The highest BCUT2D eigenvalue weighted by Crippen LogP contribution is 2.27. The van der Waals surface area contributed by atoms with Crippen molar-refractivity contribution in [3.8, 4) is 5.75 Å². The third kappa shape index (κ3) is 2.75. The highest BCUT2D eigenvalue weighted by molar-refractivity contribution is 5.74. The quantitative estimate of drug-likeness (QED) is 0.356. The van der Waals surface area contributed by atoms with Crippen LogP contribution in [-0.2, 0) is 4.79 Å². The summed E-state index contributed by atoms with van der Waals surface area (Å²) >= 11 is 0. The minimum atomic E-state index is -1.72. The van der Waals surface area contributed by atoms with Gasteiger partial charge in [-0.3, -0.25) is 4.79 Å². The van der Waals surface area contributed by atoms with Gasteiger partial charge in [0.05, 0.1) is 5.92 Å². The second-order valence-corrected chi connectivity index (χ2v) is 3.53. The molecule has 1 rings (SSSR count). The Morgan fingerprint density at radius 3 is 2.12 bits per heavy atom. The van der Waals surface area contributed by atoms with E-state index in [1.54, 1.807) is 6.92 Å². The number of carbonyl (C=O) groups excluding carboxylic acids is 1. The fourth-order valence-electron chi connectivity index (χ4n) is 1.01. The van der Waals surface area contributed by atoms with Gasteiger partial charge in [0.15, 0.2) is 11.6 Å². The second-order valence-electron chi connectivity index (χ2n) is 3.53. The molecule has 0 heterocycles. The number of hydrogen-bond acceptors (Lipinski definition) is 2. The van der Waals surface area contributed by atoms with Gasteiger partial charge < -0.3 is 4.74 Å². The third-order valence-electron chi connectivity index (χ3n) is 2.29. The van der Waals surface area contributed by atoms with Crippen molar-refractivity contribution in [1.82, 2.24) is 0 Å². The van der Waals surface area contributed by atoms with Crippen LogP contribution >= 0.6 is 0 Å². The van der Waals surface area contributed by atoms with Crippen molar-refractivity contribution in [3.05, 3.63) is 29.3 Å². The van der Waals surface area contributed by atoms with Gasteiger partial charge in [0.25, 0.3) is 0 Å². The lowest BCUT2D eigenvalue weighted by atomic mass is 10.1. The second kappa shape index (κ2) is 5.16. The molecular formula is C11H10F4O2. The van der Waals surface area contributed by atoms with Crippen LogP contribution in [0.1, 0.15) is 20.3 Å². The van der Waals surface area contributed by atoms with Gasteiger partial charge in [0.2, 0.25) is 17.4 Å². The lowest BCUT2D eigenvalue weighted by Crippen LogP contribution is -2.19. The average molecular weight is 250 g/mol. The molecule has 0 aromatic heterocycles. The number of esters is 1. The van der Waals surface area contributed by atoms with E-state index in [0.29, 0.717) is 6.42 Å². The molecule has 0 saturated carbocycles. The maximum atomic E-state index is 13.1. The fraction of sp³-hybridized carbons (Fsp3) is 0.364. The molecular weight excluding hydrogens is 240 g/mol. The number of hydrogen-bond donors (Lipinski definition) is 0. The topological polar surface area (TPSA) is 26.3 Å². The van der Waals surface area contributed by atoms with Crippen molar-refractivity contribution >= 4 is 5.97 Å². The van der Waals surface area contributed by atoms with Gasteiger partial charge in [-0.2, -0.15) is 8.78 Å². The molecule has 0 amide bonds. The smallest absolute Gasteiger partial charge is 0.314 e. The first-order valence-electron chi connectivity index (χ1n) is 4.93. The van der Waals surface area contributed by atoms with Gasteiger partial charge in [-0.25, -0.2) is 8.78 Å². The van der Waals surface area contributed by atoms with Crippen LogP contribution in [0.15, 0.2) is 6.07 Å². The van der Waals surface area contributed by atoms with Gasteiger partial charge in [0, 0.05) is 6.07 Å². The Kier molecular flexibility index (Phi) is 4.09. The summed E-state index contributed by atoms with van der Waals surface area (Å²) in [4.78, 5) is 11.3. The van der Waals surface area contributed by atoms with Crippen molar-refractivity contribution in [2.45, 2.75) is 20.3 Å². The fourth-order valence-corrected chi connectivity index (χ4v) is 1.01. The number of benzene rings is 1. The Bertz CT molecular complexity index is 419. The van der Waals surface area contributed by atoms with E-state index >= 15 is 0 Å². The number of ether oxygens (including phenoxy) is 1. The summed E-state index contributed by atoms with van der Waals surface area (Å²) < 4.78 is 56.1. The zero-order valence-electron chi connectivity index (χ0n) is 9.19. The number of carbonyl (C=O) groups is 1. The predicted molar refractivity (Wildman–Crippen MR) is 51.4 cm³/mol. The van der Waals surface area contributed by atoms with Gasteiger partial charge in [-0.1, -0.05) is 13.8 Å². The summed E-state index contributed by atoms with van der Waals surface area (Å²) in [5.74, 6) is -9.59. The minimum Gasteiger partial charge on any atom is -0.420 e. The van der Waals surface area contributed by atoms with E-state index in [1.165, 1.54) is 6.92 Å². The molecule has 1 atom stereocenters. The summed E-state index contributed by atoms with van der Waals surface area (Å²) in [6.45, 7) is 3.12. The van der Waals surface area contributed by atoms with Gasteiger partial charge in [-0.15, -0.1) is 0 Å². The molecule has 2 nitrogen and oxygen atoms in total. The van der Waals surface area contributed by atoms with Crippen LogP contribution in [0.5, 0.6) is 5.75 Å². The van der Waals surface area contributed by atoms with E-state index in [0.717, 1.165) is 0 Å². The molecule has 0 aliphatic carbocycles. The highest BCUT2D eigenvalue weighted by atomic mass is 19.2. The first-order valence-corrected chi connectivity index (χ1v) is 4.93. The molecule has 0 saturated heterocycles. The average Bonchev–Trinajstić information content (AvgIpc) is 2.30. The highest BCUT2D eigenvalue weighted by Gasteiger charge is 2.24. The lowest BCUT2D eigenvalue weighted by molar-refractivity contribution is -0.138. The summed E-state index contributed by atoms with van der Waals surface area (Å²) in [6.07, 6.45) is 0.375. The SMILES string of the molecule is CCC(C)C(=O)Oc1c(F)c(F)cc(F)c1F.